The van der Waals surface area contributed by atoms with Crippen molar-refractivity contribution in [2.24, 2.45) is 5.92 Å². The minimum Gasteiger partial charge on any atom is -0.0882 e. The van der Waals surface area contributed by atoms with Gasteiger partial charge in [-0.05, 0) is 71.6 Å². The Bertz CT molecular complexity index is 213. The molecule has 88 valence electrons. The zero-order valence-electron chi connectivity index (χ0n) is 10.6. The van der Waals surface area contributed by atoms with Crippen molar-refractivity contribution in [3.8, 4) is 0 Å². The van der Waals surface area contributed by atoms with Crippen LogP contribution in [0.4, 0.5) is 0 Å². The van der Waals surface area contributed by atoms with E-state index in [1.54, 1.807) is 5.57 Å². The van der Waals surface area contributed by atoms with Crippen LogP contribution in [-0.4, -0.2) is 0 Å². The van der Waals surface area contributed by atoms with Crippen LogP contribution in [0.15, 0.2) is 21.3 Å². The van der Waals surface area contributed by atoms with Gasteiger partial charge in [0.15, 0.2) is 0 Å². The van der Waals surface area contributed by atoms with E-state index in [2.05, 4.69) is 62.4 Å². The van der Waals surface area contributed by atoms with E-state index in [9.17, 15) is 0 Å². The summed E-state index contributed by atoms with van der Waals surface area (Å²) in [5, 5.41) is 0. The molecule has 0 nitrogen and oxygen atoms in total. The molecule has 1 unspecified atom stereocenters. The second-order valence-electron chi connectivity index (χ2n) is 4.01. The molecule has 0 fully saturated rings. The van der Waals surface area contributed by atoms with Gasteiger partial charge in [-0.2, -0.15) is 0 Å². The zero-order valence-corrected chi connectivity index (χ0v) is 12.8. The van der Waals surface area contributed by atoms with Gasteiger partial charge in [0.05, 0.1) is 0 Å². The summed E-state index contributed by atoms with van der Waals surface area (Å²) >= 11 is 2.47. The van der Waals surface area contributed by atoms with E-state index in [4.69, 9.17) is 0 Å². The van der Waals surface area contributed by atoms with Gasteiger partial charge in [0.2, 0.25) is 0 Å². The lowest BCUT2D eigenvalue weighted by Gasteiger charge is -2.18. The molecule has 0 saturated heterocycles. The van der Waals surface area contributed by atoms with E-state index in [-0.39, 0.29) is 0 Å². The first-order valence-corrected chi connectivity index (χ1v) is 7.23. The van der Waals surface area contributed by atoms with Crippen molar-refractivity contribution >= 4 is 22.6 Å². The van der Waals surface area contributed by atoms with Gasteiger partial charge < -0.3 is 0 Å². The first-order chi connectivity index (χ1) is 7.19. The Balaban J connectivity index is 4.35. The molecule has 0 radical (unpaired) electrons. The van der Waals surface area contributed by atoms with Crippen LogP contribution in [-0.2, 0) is 0 Å². The maximum atomic E-state index is 2.47. The number of allylic oxidation sites excluding steroid dienone is 4. The third kappa shape index (κ3) is 6.39. The van der Waals surface area contributed by atoms with Crippen molar-refractivity contribution in [2.75, 3.05) is 0 Å². The Kier molecular flexibility index (Phi) is 9.57. The molecule has 1 atom stereocenters. The molecule has 0 heterocycles. The fraction of sp³-hybridized carbons (Fsp3) is 0.714. The fourth-order valence-electron chi connectivity index (χ4n) is 1.86. The second-order valence-corrected chi connectivity index (χ2v) is 5.40. The molecule has 0 bridgehead atoms. The maximum Gasteiger partial charge on any atom is -0.0131 e. The molecular weight excluding hydrogens is 295 g/mol. The lowest BCUT2D eigenvalue weighted by molar-refractivity contribution is 0.561. The van der Waals surface area contributed by atoms with Gasteiger partial charge in [-0.3, -0.25) is 0 Å². The number of hydrogen-bond acceptors (Lipinski definition) is 0. The Hall–Kier alpha value is 0.210. The minimum absolute atomic E-state index is 0.768. The normalized spacial score (nSPS) is 15.5. The number of rotatable bonds is 7. The molecule has 0 saturated carbocycles. The van der Waals surface area contributed by atoms with Gasteiger partial charge in [-0.1, -0.05) is 38.0 Å². The fourth-order valence-corrected chi connectivity index (χ4v) is 2.39. The van der Waals surface area contributed by atoms with Gasteiger partial charge >= 0.3 is 0 Å². The van der Waals surface area contributed by atoms with Crippen LogP contribution in [0, 0.1) is 5.92 Å². The van der Waals surface area contributed by atoms with Crippen LogP contribution < -0.4 is 0 Å². The predicted molar refractivity (Wildman–Crippen MR) is 79.5 cm³/mol. The van der Waals surface area contributed by atoms with Gasteiger partial charge in [0.25, 0.3) is 0 Å². The first-order valence-electron chi connectivity index (χ1n) is 6.15. The molecular formula is C14H25I. The average molecular weight is 320 g/mol. The number of halogens is 1. The lowest BCUT2D eigenvalue weighted by atomic mass is 9.89. The lowest BCUT2D eigenvalue weighted by Crippen LogP contribution is -2.03. The van der Waals surface area contributed by atoms with Crippen LogP contribution in [0.2, 0.25) is 0 Å². The highest BCUT2D eigenvalue weighted by molar-refractivity contribution is 14.1. The third-order valence-corrected chi connectivity index (χ3v) is 4.02. The van der Waals surface area contributed by atoms with Crippen LogP contribution in [0.5, 0.6) is 0 Å². The van der Waals surface area contributed by atoms with Crippen molar-refractivity contribution < 1.29 is 0 Å². The molecule has 0 amide bonds. The SMILES string of the molecule is C/C=C(/I)CC(CC)/C(=C/C)CCCC. The molecule has 0 aliphatic carbocycles. The standard InChI is InChI=1S/C14H25I/c1-5-9-10-12(6-2)13(7-3)11-14(15)8-4/h6,8,13H,5,7,9-11H2,1-4H3/b12-6+,14-8+. The molecule has 0 aliphatic heterocycles. The molecule has 0 aromatic heterocycles. The van der Waals surface area contributed by atoms with Gasteiger partial charge in [0.1, 0.15) is 0 Å². The summed E-state index contributed by atoms with van der Waals surface area (Å²) in [5.74, 6) is 0.768. The van der Waals surface area contributed by atoms with Crippen LogP contribution in [0.25, 0.3) is 0 Å². The third-order valence-electron chi connectivity index (χ3n) is 2.96. The highest BCUT2D eigenvalue weighted by Crippen LogP contribution is 2.29. The summed E-state index contributed by atoms with van der Waals surface area (Å²) < 4.78 is 1.50. The van der Waals surface area contributed by atoms with Crippen molar-refractivity contribution in [2.45, 2.75) is 59.8 Å². The predicted octanol–water partition coefficient (Wildman–Crippen LogP) is 5.88. The van der Waals surface area contributed by atoms with Crippen LogP contribution in [0.1, 0.15) is 59.8 Å². The van der Waals surface area contributed by atoms with E-state index >= 15 is 0 Å². The van der Waals surface area contributed by atoms with E-state index in [1.807, 2.05) is 0 Å². The first kappa shape index (κ1) is 15.2. The topological polar surface area (TPSA) is 0 Å². The van der Waals surface area contributed by atoms with Crippen LogP contribution in [0.3, 0.4) is 0 Å². The van der Waals surface area contributed by atoms with Gasteiger partial charge in [-0.25, -0.2) is 0 Å². The summed E-state index contributed by atoms with van der Waals surface area (Å²) in [6.45, 7) is 8.90. The largest absolute Gasteiger partial charge is 0.0882 e. The molecule has 15 heavy (non-hydrogen) atoms. The summed E-state index contributed by atoms with van der Waals surface area (Å²) in [6.07, 6.45) is 11.0. The Morgan fingerprint density at radius 2 is 1.87 bits per heavy atom. The molecule has 0 aromatic rings. The summed E-state index contributed by atoms with van der Waals surface area (Å²) in [7, 11) is 0. The highest BCUT2D eigenvalue weighted by Gasteiger charge is 2.12. The monoisotopic (exact) mass is 320 g/mol. The molecule has 0 aromatic carbocycles. The zero-order chi connectivity index (χ0) is 11.7. The number of hydrogen-bond donors (Lipinski definition) is 0. The quantitative estimate of drug-likeness (QED) is 0.406. The van der Waals surface area contributed by atoms with Crippen molar-refractivity contribution in [1.29, 1.82) is 0 Å². The summed E-state index contributed by atoms with van der Waals surface area (Å²) in [5.41, 5.74) is 1.66. The van der Waals surface area contributed by atoms with Crippen molar-refractivity contribution in [3.05, 3.63) is 21.3 Å². The molecule has 1 heteroatoms. The Morgan fingerprint density at radius 3 is 2.27 bits per heavy atom. The average Bonchev–Trinajstić information content (AvgIpc) is 2.27. The second kappa shape index (κ2) is 9.44. The van der Waals surface area contributed by atoms with E-state index < -0.39 is 0 Å². The van der Waals surface area contributed by atoms with Gasteiger partial charge in [-0.15, -0.1) is 0 Å². The van der Waals surface area contributed by atoms with Crippen molar-refractivity contribution in [3.63, 3.8) is 0 Å². The molecule has 0 spiro atoms. The molecule has 0 rings (SSSR count). The Labute approximate surface area is 109 Å². The van der Waals surface area contributed by atoms with Crippen molar-refractivity contribution in [1.82, 2.24) is 0 Å². The van der Waals surface area contributed by atoms with E-state index in [0.717, 1.165) is 5.92 Å². The molecule has 0 N–H and O–H groups in total. The minimum atomic E-state index is 0.768. The van der Waals surface area contributed by atoms with Crippen LogP contribution >= 0.6 is 22.6 Å². The Morgan fingerprint density at radius 1 is 1.20 bits per heavy atom. The summed E-state index contributed by atoms with van der Waals surface area (Å²) in [6, 6.07) is 0. The molecule has 0 aliphatic rings. The highest BCUT2D eigenvalue weighted by atomic mass is 127. The smallest absolute Gasteiger partial charge is 0.0131 e. The maximum absolute atomic E-state index is 2.47. The van der Waals surface area contributed by atoms with Gasteiger partial charge in [0, 0.05) is 0 Å². The number of unbranched alkanes of at least 4 members (excludes halogenated alkanes) is 1. The van der Waals surface area contributed by atoms with E-state index in [0.29, 0.717) is 0 Å². The summed E-state index contributed by atoms with van der Waals surface area (Å²) in [4.78, 5) is 0. The van der Waals surface area contributed by atoms with E-state index in [1.165, 1.54) is 35.7 Å².